The van der Waals surface area contributed by atoms with Crippen LogP contribution in [0.3, 0.4) is 0 Å². The molecule has 2 aromatic carbocycles. The number of halogens is 3. The zero-order valence-electron chi connectivity index (χ0n) is 22.2. The second-order valence-electron chi connectivity index (χ2n) is 11.1. The van der Waals surface area contributed by atoms with Gasteiger partial charge in [-0.15, -0.1) is 0 Å². The highest BCUT2D eigenvalue weighted by atomic mass is 19.3. The maximum atomic E-state index is 13.8. The number of hydrogen-bond donors (Lipinski definition) is 2. The Labute approximate surface area is 225 Å². The van der Waals surface area contributed by atoms with Crippen molar-refractivity contribution in [3.8, 4) is 0 Å². The minimum atomic E-state index is -2.66. The lowest BCUT2D eigenvalue weighted by Crippen LogP contribution is -2.37. The number of fused-ring (bicyclic) bond motifs is 1. The summed E-state index contributed by atoms with van der Waals surface area (Å²) < 4.78 is 42.9. The van der Waals surface area contributed by atoms with E-state index in [1.807, 2.05) is 36.6 Å². The number of nitrogens with zero attached hydrogens (tertiary/aromatic N) is 3. The molecule has 1 aliphatic heterocycles. The van der Waals surface area contributed by atoms with Gasteiger partial charge in [-0.25, -0.2) is 18.2 Å². The van der Waals surface area contributed by atoms with Crippen molar-refractivity contribution in [3.63, 3.8) is 0 Å². The SMILES string of the molecule is CC(C)NC(=O)C1CCC(n2c(NC(=O)c3ccc(F)cc3)nc3ccc(CN4CCC(F)(F)C4)cc32)CC1. The fourth-order valence-electron chi connectivity index (χ4n) is 5.67. The third-order valence-corrected chi connectivity index (χ3v) is 7.60. The van der Waals surface area contributed by atoms with Gasteiger partial charge in [-0.2, -0.15) is 0 Å². The average molecular weight is 542 g/mol. The molecule has 0 spiro atoms. The van der Waals surface area contributed by atoms with E-state index >= 15 is 0 Å². The number of amides is 2. The predicted molar refractivity (Wildman–Crippen MR) is 143 cm³/mol. The number of benzene rings is 2. The molecule has 0 unspecified atom stereocenters. The molecule has 0 radical (unpaired) electrons. The Morgan fingerprint density at radius 3 is 2.44 bits per heavy atom. The molecule has 1 saturated heterocycles. The molecular weight excluding hydrogens is 507 g/mol. The summed E-state index contributed by atoms with van der Waals surface area (Å²) in [6, 6.07) is 11.1. The molecule has 1 aromatic heterocycles. The van der Waals surface area contributed by atoms with Gasteiger partial charge in [-0.3, -0.25) is 19.8 Å². The van der Waals surface area contributed by atoms with Gasteiger partial charge < -0.3 is 9.88 Å². The fourth-order valence-corrected chi connectivity index (χ4v) is 5.67. The first-order valence-electron chi connectivity index (χ1n) is 13.6. The normalized spacial score (nSPS) is 21.4. The van der Waals surface area contributed by atoms with E-state index in [2.05, 4.69) is 10.6 Å². The van der Waals surface area contributed by atoms with Crippen molar-refractivity contribution in [1.29, 1.82) is 0 Å². The monoisotopic (exact) mass is 541 g/mol. The number of anilines is 1. The van der Waals surface area contributed by atoms with Crippen molar-refractivity contribution in [1.82, 2.24) is 19.8 Å². The van der Waals surface area contributed by atoms with Gasteiger partial charge in [0.25, 0.3) is 11.8 Å². The van der Waals surface area contributed by atoms with Crippen molar-refractivity contribution >= 4 is 28.8 Å². The molecule has 39 heavy (non-hydrogen) atoms. The van der Waals surface area contributed by atoms with Crippen LogP contribution in [0, 0.1) is 11.7 Å². The van der Waals surface area contributed by atoms with E-state index in [1.165, 1.54) is 24.3 Å². The van der Waals surface area contributed by atoms with Crippen LogP contribution in [0.4, 0.5) is 19.1 Å². The first-order valence-corrected chi connectivity index (χ1v) is 13.6. The summed E-state index contributed by atoms with van der Waals surface area (Å²) in [7, 11) is 0. The molecule has 5 rings (SSSR count). The van der Waals surface area contributed by atoms with Crippen LogP contribution >= 0.6 is 0 Å². The summed E-state index contributed by atoms with van der Waals surface area (Å²) >= 11 is 0. The van der Waals surface area contributed by atoms with Crippen molar-refractivity contribution in [3.05, 3.63) is 59.4 Å². The van der Waals surface area contributed by atoms with Gasteiger partial charge in [0, 0.05) is 43.1 Å². The molecule has 2 N–H and O–H groups in total. The second-order valence-corrected chi connectivity index (χ2v) is 11.1. The molecule has 2 heterocycles. The summed E-state index contributed by atoms with van der Waals surface area (Å²) in [5.41, 5.74) is 2.69. The third-order valence-electron chi connectivity index (χ3n) is 7.60. The van der Waals surface area contributed by atoms with Crippen LogP contribution in [0.1, 0.15) is 67.9 Å². The van der Waals surface area contributed by atoms with E-state index in [9.17, 15) is 22.8 Å². The van der Waals surface area contributed by atoms with E-state index in [1.54, 1.807) is 4.90 Å². The maximum absolute atomic E-state index is 13.8. The highest BCUT2D eigenvalue weighted by Crippen LogP contribution is 2.37. The Morgan fingerprint density at radius 2 is 1.79 bits per heavy atom. The molecular formula is C29H34F3N5O2. The minimum Gasteiger partial charge on any atom is -0.354 e. The number of imidazole rings is 1. The summed E-state index contributed by atoms with van der Waals surface area (Å²) in [6.07, 6.45) is 2.72. The van der Waals surface area contributed by atoms with Gasteiger partial charge in [0.05, 0.1) is 17.6 Å². The highest BCUT2D eigenvalue weighted by molar-refractivity contribution is 6.04. The smallest absolute Gasteiger partial charge is 0.261 e. The topological polar surface area (TPSA) is 79.3 Å². The summed E-state index contributed by atoms with van der Waals surface area (Å²) in [4.78, 5) is 32.1. The predicted octanol–water partition coefficient (Wildman–Crippen LogP) is 5.52. The van der Waals surface area contributed by atoms with Crippen LogP contribution in [0.25, 0.3) is 11.0 Å². The summed E-state index contributed by atoms with van der Waals surface area (Å²) in [5.74, 6) is -3.13. The van der Waals surface area contributed by atoms with Crippen molar-refractivity contribution in [2.24, 2.45) is 5.92 Å². The molecule has 2 fully saturated rings. The molecule has 2 aliphatic rings. The standard InChI is InChI=1S/C29H34F3N5O2/c1-18(2)33-26(38)21-6-10-23(11-7-21)37-25-15-19(16-36-14-13-29(31,32)17-36)3-12-24(25)34-28(37)35-27(39)20-4-8-22(30)9-5-20/h3-5,8-9,12,15,18,21,23H,6-7,10-11,13-14,16-17H2,1-2H3,(H,33,38)(H,34,35,39). The summed E-state index contributed by atoms with van der Waals surface area (Å²) in [5, 5.41) is 5.90. The number of hydrogen-bond acceptors (Lipinski definition) is 4. The molecule has 2 amide bonds. The van der Waals surface area contributed by atoms with Crippen LogP contribution in [-0.2, 0) is 11.3 Å². The Morgan fingerprint density at radius 1 is 1.08 bits per heavy atom. The lowest BCUT2D eigenvalue weighted by molar-refractivity contribution is -0.126. The number of carbonyl (C=O) groups excluding carboxylic acids is 2. The van der Waals surface area contributed by atoms with Gasteiger partial charge in [0.1, 0.15) is 5.82 Å². The van der Waals surface area contributed by atoms with Crippen molar-refractivity contribution in [2.75, 3.05) is 18.4 Å². The number of alkyl halides is 2. The highest BCUT2D eigenvalue weighted by Gasteiger charge is 2.38. The van der Waals surface area contributed by atoms with Crippen LogP contribution in [0.15, 0.2) is 42.5 Å². The fraction of sp³-hybridized carbons (Fsp3) is 0.483. The van der Waals surface area contributed by atoms with Gasteiger partial charge in [-0.05, 0) is 81.5 Å². The van der Waals surface area contributed by atoms with Crippen molar-refractivity contribution in [2.45, 2.75) is 70.5 Å². The second kappa shape index (κ2) is 11.0. The quantitative estimate of drug-likeness (QED) is 0.413. The van der Waals surface area contributed by atoms with Crippen LogP contribution in [0.5, 0.6) is 0 Å². The zero-order valence-corrected chi connectivity index (χ0v) is 22.2. The van der Waals surface area contributed by atoms with Crippen molar-refractivity contribution < 1.29 is 22.8 Å². The number of carbonyl (C=O) groups is 2. The third kappa shape index (κ3) is 6.27. The van der Waals surface area contributed by atoms with E-state index in [4.69, 9.17) is 4.98 Å². The number of rotatable bonds is 7. The lowest BCUT2D eigenvalue weighted by Gasteiger charge is -2.30. The Balaban J connectivity index is 1.43. The minimum absolute atomic E-state index is 0.00649. The first-order chi connectivity index (χ1) is 18.6. The Hall–Kier alpha value is -3.40. The van der Waals surface area contributed by atoms with E-state index in [0.717, 1.165) is 23.9 Å². The molecule has 7 nitrogen and oxygen atoms in total. The lowest BCUT2D eigenvalue weighted by atomic mass is 9.85. The zero-order chi connectivity index (χ0) is 27.7. The van der Waals surface area contributed by atoms with Crippen LogP contribution in [0.2, 0.25) is 0 Å². The molecule has 1 aliphatic carbocycles. The van der Waals surface area contributed by atoms with E-state index in [0.29, 0.717) is 43.0 Å². The molecule has 208 valence electrons. The molecule has 10 heteroatoms. The largest absolute Gasteiger partial charge is 0.354 e. The number of likely N-dealkylation sites (tertiary alicyclic amines) is 1. The molecule has 1 saturated carbocycles. The number of aromatic nitrogens is 2. The summed E-state index contributed by atoms with van der Waals surface area (Å²) in [6.45, 7) is 4.36. The van der Waals surface area contributed by atoms with Crippen LogP contribution < -0.4 is 10.6 Å². The van der Waals surface area contributed by atoms with Gasteiger partial charge in [0.15, 0.2) is 0 Å². The van der Waals surface area contributed by atoms with E-state index in [-0.39, 0.29) is 36.9 Å². The van der Waals surface area contributed by atoms with Gasteiger partial charge in [0.2, 0.25) is 11.9 Å². The first kappa shape index (κ1) is 27.2. The van der Waals surface area contributed by atoms with Gasteiger partial charge >= 0.3 is 0 Å². The van der Waals surface area contributed by atoms with Gasteiger partial charge in [-0.1, -0.05) is 6.07 Å². The number of nitrogens with one attached hydrogen (secondary N) is 2. The molecule has 0 bridgehead atoms. The maximum Gasteiger partial charge on any atom is 0.261 e. The molecule has 3 aromatic rings. The van der Waals surface area contributed by atoms with Crippen LogP contribution in [-0.4, -0.2) is 51.3 Å². The molecule has 0 atom stereocenters. The van der Waals surface area contributed by atoms with E-state index < -0.39 is 17.6 Å². The average Bonchev–Trinajstić information content (AvgIpc) is 3.42. The Bertz CT molecular complexity index is 1350. The Kier molecular flexibility index (Phi) is 7.66.